The van der Waals surface area contributed by atoms with E-state index in [1.807, 2.05) is 0 Å². The summed E-state index contributed by atoms with van der Waals surface area (Å²) in [7, 11) is -1.22. The van der Waals surface area contributed by atoms with Crippen molar-refractivity contribution in [1.29, 1.82) is 4.78 Å². The van der Waals surface area contributed by atoms with E-state index < -0.39 is 57.1 Å². The SMILES string of the molecule is Cc1nc(F)ccc1Oc1ncc(C(F)(F)F)c(C)c1C(=O)Nc1ccc(F)c(S(C)=N)c1. The van der Waals surface area contributed by atoms with E-state index >= 15 is 0 Å². The van der Waals surface area contributed by atoms with Crippen LogP contribution < -0.4 is 10.1 Å². The maximum Gasteiger partial charge on any atom is 0.418 e. The van der Waals surface area contributed by atoms with E-state index in [1.165, 1.54) is 31.4 Å². The van der Waals surface area contributed by atoms with Crippen LogP contribution in [0.4, 0.5) is 27.6 Å². The van der Waals surface area contributed by atoms with Crippen LogP contribution >= 0.6 is 0 Å². The van der Waals surface area contributed by atoms with Crippen LogP contribution in [0.5, 0.6) is 11.6 Å². The van der Waals surface area contributed by atoms with Crippen molar-refractivity contribution in [2.45, 2.75) is 24.9 Å². The number of hydrogen-bond acceptors (Lipinski definition) is 5. The first-order valence-electron chi connectivity index (χ1n) is 9.24. The number of aromatic nitrogens is 2. The van der Waals surface area contributed by atoms with E-state index in [1.54, 1.807) is 0 Å². The molecule has 0 saturated carbocycles. The lowest BCUT2D eigenvalue weighted by atomic mass is 10.0. The molecule has 0 fully saturated rings. The van der Waals surface area contributed by atoms with Gasteiger partial charge in [0.1, 0.15) is 11.4 Å². The van der Waals surface area contributed by atoms with Gasteiger partial charge in [0.05, 0.1) is 16.2 Å². The molecule has 33 heavy (non-hydrogen) atoms. The minimum atomic E-state index is -4.79. The fourth-order valence-electron chi connectivity index (χ4n) is 2.95. The second-order valence-corrected chi connectivity index (χ2v) is 8.36. The first-order chi connectivity index (χ1) is 15.4. The van der Waals surface area contributed by atoms with Crippen LogP contribution in [0.3, 0.4) is 0 Å². The number of pyridine rings is 2. The molecular weight excluding hydrogens is 467 g/mol. The number of rotatable bonds is 5. The molecule has 0 bridgehead atoms. The Morgan fingerprint density at radius 2 is 1.85 bits per heavy atom. The number of nitrogens with zero attached hydrogens (tertiary/aromatic N) is 2. The van der Waals surface area contributed by atoms with Gasteiger partial charge in [-0.2, -0.15) is 17.6 Å². The largest absolute Gasteiger partial charge is 0.436 e. The van der Waals surface area contributed by atoms with Gasteiger partial charge >= 0.3 is 6.18 Å². The van der Waals surface area contributed by atoms with Crippen molar-refractivity contribution in [1.82, 2.24) is 9.97 Å². The van der Waals surface area contributed by atoms with Crippen LogP contribution in [0.1, 0.15) is 27.2 Å². The highest BCUT2D eigenvalue weighted by atomic mass is 32.2. The summed E-state index contributed by atoms with van der Waals surface area (Å²) in [5.41, 5.74) is -1.94. The van der Waals surface area contributed by atoms with Crippen LogP contribution in [0.2, 0.25) is 0 Å². The Kier molecular flexibility index (Phi) is 6.77. The minimum Gasteiger partial charge on any atom is -0.436 e. The van der Waals surface area contributed by atoms with Gasteiger partial charge in [0, 0.05) is 11.9 Å². The number of amides is 1. The molecule has 0 aliphatic heterocycles. The van der Waals surface area contributed by atoms with Gasteiger partial charge in [-0.1, -0.05) is 10.7 Å². The van der Waals surface area contributed by atoms with E-state index in [2.05, 4.69) is 15.3 Å². The summed E-state index contributed by atoms with van der Waals surface area (Å²) in [6.45, 7) is 2.50. The van der Waals surface area contributed by atoms with Gasteiger partial charge in [-0.05, 0) is 56.0 Å². The topological polar surface area (TPSA) is 88.0 Å². The van der Waals surface area contributed by atoms with Crippen LogP contribution in [0.25, 0.3) is 0 Å². The highest BCUT2D eigenvalue weighted by Gasteiger charge is 2.36. The average Bonchev–Trinajstić information content (AvgIpc) is 2.70. The summed E-state index contributed by atoms with van der Waals surface area (Å²) in [4.78, 5) is 20.3. The lowest BCUT2D eigenvalue weighted by molar-refractivity contribution is -0.138. The van der Waals surface area contributed by atoms with Crippen molar-refractivity contribution in [3.63, 3.8) is 0 Å². The number of benzene rings is 1. The molecule has 0 saturated heterocycles. The number of ether oxygens (including phenoxy) is 1. The summed E-state index contributed by atoms with van der Waals surface area (Å²) in [6, 6.07) is 5.69. The zero-order chi connectivity index (χ0) is 24.5. The van der Waals surface area contributed by atoms with E-state index in [0.717, 1.165) is 19.1 Å². The number of nitrogens with one attached hydrogen (secondary N) is 2. The molecule has 2 aromatic heterocycles. The predicted octanol–water partition coefficient (Wildman–Crippen LogP) is 5.80. The number of halogens is 5. The summed E-state index contributed by atoms with van der Waals surface area (Å²) >= 11 is 0. The zero-order valence-electron chi connectivity index (χ0n) is 17.5. The number of aryl methyl sites for hydroxylation is 1. The first kappa shape index (κ1) is 24.2. The third-order valence-electron chi connectivity index (χ3n) is 4.57. The standard InChI is InChI=1S/C21H17F5N4O2S/c1-10-13(21(24,25)26)9-28-20(32-15-6-7-17(23)29-11(15)2)18(10)19(31)30-12-4-5-14(22)16(8-12)33(3)27/h4-9,27H,1-3H3,(H,30,31). The second kappa shape index (κ2) is 9.22. The van der Waals surface area contributed by atoms with Crippen molar-refractivity contribution >= 4 is 22.3 Å². The molecule has 1 atom stereocenters. The highest BCUT2D eigenvalue weighted by molar-refractivity contribution is 7.85. The third kappa shape index (κ3) is 5.33. The summed E-state index contributed by atoms with van der Waals surface area (Å²) < 4.78 is 80.8. The number of anilines is 1. The maximum atomic E-state index is 13.9. The smallest absolute Gasteiger partial charge is 0.418 e. The molecular formula is C21H17F5N4O2S. The van der Waals surface area contributed by atoms with Crippen molar-refractivity contribution < 1.29 is 31.5 Å². The number of hydrogen-bond donors (Lipinski definition) is 2. The van der Waals surface area contributed by atoms with E-state index in [0.29, 0.717) is 6.20 Å². The van der Waals surface area contributed by atoms with E-state index in [4.69, 9.17) is 9.52 Å². The minimum absolute atomic E-state index is 0.00888. The quantitative estimate of drug-likeness (QED) is 0.354. The van der Waals surface area contributed by atoms with Gasteiger partial charge < -0.3 is 10.1 Å². The van der Waals surface area contributed by atoms with Gasteiger partial charge in [0.15, 0.2) is 5.75 Å². The van der Waals surface area contributed by atoms with Gasteiger partial charge in [0.2, 0.25) is 11.8 Å². The molecule has 3 aromatic rings. The Hall–Kier alpha value is -3.41. The van der Waals surface area contributed by atoms with Gasteiger partial charge in [0.25, 0.3) is 5.91 Å². The maximum absolute atomic E-state index is 13.9. The Morgan fingerprint density at radius 3 is 2.45 bits per heavy atom. The second-order valence-electron chi connectivity index (χ2n) is 6.90. The molecule has 2 heterocycles. The van der Waals surface area contributed by atoms with Crippen molar-refractivity contribution in [2.24, 2.45) is 0 Å². The van der Waals surface area contributed by atoms with Gasteiger partial charge in [-0.15, -0.1) is 0 Å². The first-order valence-corrected chi connectivity index (χ1v) is 10.9. The molecule has 0 radical (unpaired) electrons. The van der Waals surface area contributed by atoms with E-state index in [-0.39, 0.29) is 22.0 Å². The van der Waals surface area contributed by atoms with Crippen LogP contribution in [-0.2, 0) is 16.9 Å². The predicted molar refractivity (Wildman–Crippen MR) is 112 cm³/mol. The molecule has 174 valence electrons. The number of alkyl halides is 3. The normalized spacial score (nSPS) is 12.4. The molecule has 1 amide bonds. The van der Waals surface area contributed by atoms with E-state index in [9.17, 15) is 26.7 Å². The zero-order valence-corrected chi connectivity index (χ0v) is 18.3. The summed E-state index contributed by atoms with van der Waals surface area (Å²) in [6.07, 6.45) is -2.80. The molecule has 12 heteroatoms. The number of carbonyl (C=O) groups excluding carboxylic acids is 1. The molecule has 6 nitrogen and oxygen atoms in total. The molecule has 1 unspecified atom stereocenters. The third-order valence-corrected chi connectivity index (χ3v) is 5.54. The Bertz CT molecular complexity index is 1260. The average molecular weight is 484 g/mol. The molecule has 0 aliphatic rings. The fourth-order valence-corrected chi connectivity index (χ4v) is 3.61. The number of carbonyl (C=O) groups is 1. The summed E-state index contributed by atoms with van der Waals surface area (Å²) in [5.74, 6) is -2.88. The van der Waals surface area contributed by atoms with Crippen molar-refractivity contribution in [3.05, 3.63) is 70.7 Å². The lowest BCUT2D eigenvalue weighted by Crippen LogP contribution is -2.19. The monoisotopic (exact) mass is 484 g/mol. The van der Waals surface area contributed by atoms with Crippen LogP contribution in [0.15, 0.2) is 41.4 Å². The summed E-state index contributed by atoms with van der Waals surface area (Å²) in [5, 5.41) is 2.40. The van der Waals surface area contributed by atoms with Gasteiger partial charge in [-0.3, -0.25) is 9.57 Å². The van der Waals surface area contributed by atoms with Crippen LogP contribution in [0, 0.1) is 30.4 Å². The Morgan fingerprint density at radius 1 is 1.15 bits per heavy atom. The van der Waals surface area contributed by atoms with Crippen LogP contribution in [-0.4, -0.2) is 22.1 Å². The fraction of sp³-hybridized carbons (Fsp3) is 0.190. The molecule has 3 rings (SSSR count). The van der Waals surface area contributed by atoms with Gasteiger partial charge in [-0.25, -0.2) is 14.4 Å². The Balaban J connectivity index is 2.08. The van der Waals surface area contributed by atoms with Crippen molar-refractivity contribution in [3.8, 4) is 11.6 Å². The van der Waals surface area contributed by atoms with Crippen molar-refractivity contribution in [2.75, 3.05) is 11.6 Å². The molecule has 2 N–H and O–H groups in total. The Labute approximate surface area is 187 Å². The highest BCUT2D eigenvalue weighted by Crippen LogP contribution is 2.37. The lowest BCUT2D eigenvalue weighted by Gasteiger charge is -2.17. The molecule has 0 spiro atoms. The molecule has 1 aromatic carbocycles. The molecule has 0 aliphatic carbocycles.